The number of aliphatic hydroxyl groups excluding tert-OH is 1. The van der Waals surface area contributed by atoms with Gasteiger partial charge in [0.1, 0.15) is 17.6 Å². The van der Waals surface area contributed by atoms with E-state index in [1.807, 2.05) is 12.1 Å². The fourth-order valence-corrected chi connectivity index (χ4v) is 2.72. The lowest BCUT2D eigenvalue weighted by Crippen LogP contribution is -2.00. The van der Waals surface area contributed by atoms with Gasteiger partial charge in [0.2, 0.25) is 0 Å². The topological polar surface area (TPSA) is 38.7 Å². The lowest BCUT2D eigenvalue weighted by Gasteiger charge is -2.14. The molecule has 0 fully saturated rings. The normalized spacial score (nSPS) is 12.1. The zero-order chi connectivity index (χ0) is 14.7. The molecule has 0 spiro atoms. The summed E-state index contributed by atoms with van der Waals surface area (Å²) in [6.07, 6.45) is -0.763. The van der Waals surface area contributed by atoms with E-state index < -0.39 is 6.10 Å². The first-order valence-electron chi connectivity index (χ1n) is 5.91. The molecule has 0 bridgehead atoms. The van der Waals surface area contributed by atoms with Crippen LogP contribution >= 0.6 is 27.5 Å². The van der Waals surface area contributed by atoms with Crippen molar-refractivity contribution in [3.05, 3.63) is 57.0 Å². The number of halogens is 2. The molecule has 0 aliphatic heterocycles. The van der Waals surface area contributed by atoms with Crippen molar-refractivity contribution >= 4 is 27.5 Å². The number of hydrogen-bond acceptors (Lipinski definition) is 3. The van der Waals surface area contributed by atoms with Crippen LogP contribution in [0.3, 0.4) is 0 Å². The van der Waals surface area contributed by atoms with Gasteiger partial charge >= 0.3 is 0 Å². The smallest absolute Gasteiger partial charge is 0.137 e. The lowest BCUT2D eigenvalue weighted by atomic mass is 10.0. The average Bonchev–Trinajstić information content (AvgIpc) is 2.46. The second-order valence-electron chi connectivity index (χ2n) is 4.19. The van der Waals surface area contributed by atoms with Crippen molar-refractivity contribution in [2.45, 2.75) is 6.10 Å². The van der Waals surface area contributed by atoms with Gasteiger partial charge in [-0.1, -0.05) is 23.7 Å². The van der Waals surface area contributed by atoms with Gasteiger partial charge in [-0.3, -0.25) is 0 Å². The molecule has 0 aliphatic carbocycles. The molecule has 0 saturated carbocycles. The van der Waals surface area contributed by atoms with E-state index >= 15 is 0 Å². The fraction of sp³-hybridized carbons (Fsp3) is 0.200. The van der Waals surface area contributed by atoms with E-state index in [9.17, 15) is 5.11 Å². The zero-order valence-corrected chi connectivity index (χ0v) is 13.4. The molecular weight excluding hydrogens is 344 g/mol. The van der Waals surface area contributed by atoms with E-state index in [-0.39, 0.29) is 0 Å². The number of hydrogen-bond donors (Lipinski definition) is 1. The van der Waals surface area contributed by atoms with E-state index in [1.54, 1.807) is 38.5 Å². The lowest BCUT2D eigenvalue weighted by molar-refractivity contribution is 0.220. The summed E-state index contributed by atoms with van der Waals surface area (Å²) in [6.45, 7) is 0. The van der Waals surface area contributed by atoms with Gasteiger partial charge in [0.15, 0.2) is 0 Å². The van der Waals surface area contributed by atoms with Crippen molar-refractivity contribution in [2.24, 2.45) is 0 Å². The molecule has 2 aromatic carbocycles. The molecule has 0 aliphatic rings. The molecule has 0 heterocycles. The van der Waals surface area contributed by atoms with Crippen LogP contribution in [0.4, 0.5) is 0 Å². The molecule has 0 aromatic heterocycles. The molecule has 1 N–H and O–H groups in total. The van der Waals surface area contributed by atoms with Crippen molar-refractivity contribution in [2.75, 3.05) is 14.2 Å². The number of methoxy groups -OCH3 is 2. The summed E-state index contributed by atoms with van der Waals surface area (Å²) in [4.78, 5) is 0. The van der Waals surface area contributed by atoms with Crippen molar-refractivity contribution < 1.29 is 14.6 Å². The Morgan fingerprint density at radius 1 is 1.00 bits per heavy atom. The van der Waals surface area contributed by atoms with Crippen molar-refractivity contribution in [3.63, 3.8) is 0 Å². The van der Waals surface area contributed by atoms with Crippen LogP contribution in [0, 0.1) is 0 Å². The predicted octanol–water partition coefficient (Wildman–Crippen LogP) is 4.20. The van der Waals surface area contributed by atoms with Gasteiger partial charge in [-0.05, 0) is 51.3 Å². The molecule has 2 rings (SSSR count). The monoisotopic (exact) mass is 356 g/mol. The van der Waals surface area contributed by atoms with Gasteiger partial charge in [0.05, 0.1) is 23.7 Å². The average molecular weight is 358 g/mol. The Balaban J connectivity index is 2.33. The van der Waals surface area contributed by atoms with E-state index in [0.29, 0.717) is 22.1 Å². The highest BCUT2D eigenvalue weighted by Gasteiger charge is 2.14. The maximum Gasteiger partial charge on any atom is 0.137 e. The van der Waals surface area contributed by atoms with Gasteiger partial charge < -0.3 is 14.6 Å². The first-order chi connectivity index (χ1) is 9.56. The molecule has 5 heteroatoms. The fourth-order valence-electron chi connectivity index (χ4n) is 1.90. The van der Waals surface area contributed by atoms with Crippen LogP contribution in [-0.4, -0.2) is 19.3 Å². The van der Waals surface area contributed by atoms with Gasteiger partial charge in [0.25, 0.3) is 0 Å². The minimum atomic E-state index is -0.763. The molecule has 3 nitrogen and oxygen atoms in total. The summed E-state index contributed by atoms with van der Waals surface area (Å²) in [7, 11) is 3.15. The molecule has 1 unspecified atom stereocenters. The molecule has 20 heavy (non-hydrogen) atoms. The largest absolute Gasteiger partial charge is 0.496 e. The summed E-state index contributed by atoms with van der Waals surface area (Å²) in [5.74, 6) is 1.30. The Labute approximate surface area is 131 Å². The third-order valence-corrected chi connectivity index (χ3v) is 3.90. The minimum absolute atomic E-state index is 0.469. The standard InChI is InChI=1S/C15H14BrClO3/c1-19-13-5-3-9(7-11(13)16)15(18)10-4-6-14(20-2)12(17)8-10/h3-8,15,18H,1-2H3. The Bertz CT molecular complexity index is 563. The van der Waals surface area contributed by atoms with Gasteiger partial charge in [-0.25, -0.2) is 0 Å². The zero-order valence-electron chi connectivity index (χ0n) is 11.1. The first-order valence-corrected chi connectivity index (χ1v) is 7.09. The maximum atomic E-state index is 10.4. The predicted molar refractivity (Wildman–Crippen MR) is 82.8 cm³/mol. The number of rotatable bonds is 4. The highest BCUT2D eigenvalue weighted by Crippen LogP contribution is 2.33. The first kappa shape index (κ1) is 15.2. The summed E-state index contributed by atoms with van der Waals surface area (Å²) in [5, 5.41) is 10.9. The summed E-state index contributed by atoms with van der Waals surface area (Å²) in [6, 6.07) is 10.7. The SMILES string of the molecule is COc1ccc(C(O)c2ccc(OC)c(Br)c2)cc1Cl. The number of ether oxygens (including phenoxy) is 2. The van der Waals surface area contributed by atoms with E-state index in [0.717, 1.165) is 10.0 Å². The van der Waals surface area contributed by atoms with Gasteiger partial charge in [-0.15, -0.1) is 0 Å². The van der Waals surface area contributed by atoms with Crippen LogP contribution in [0.25, 0.3) is 0 Å². The molecule has 0 radical (unpaired) electrons. The Morgan fingerprint density at radius 2 is 1.55 bits per heavy atom. The molecule has 0 amide bonds. The van der Waals surface area contributed by atoms with E-state index in [4.69, 9.17) is 21.1 Å². The second-order valence-corrected chi connectivity index (χ2v) is 5.45. The number of benzene rings is 2. The molecular formula is C15H14BrClO3. The van der Waals surface area contributed by atoms with E-state index in [2.05, 4.69) is 15.9 Å². The molecule has 2 aromatic rings. The summed E-state index contributed by atoms with van der Waals surface area (Å²) >= 11 is 9.48. The van der Waals surface area contributed by atoms with Crippen molar-refractivity contribution in [1.29, 1.82) is 0 Å². The van der Waals surface area contributed by atoms with Crippen molar-refractivity contribution in [3.8, 4) is 11.5 Å². The van der Waals surface area contributed by atoms with Crippen LogP contribution in [0.5, 0.6) is 11.5 Å². The maximum absolute atomic E-state index is 10.4. The Morgan fingerprint density at radius 3 is 2.05 bits per heavy atom. The van der Waals surface area contributed by atoms with Crippen molar-refractivity contribution in [1.82, 2.24) is 0 Å². The van der Waals surface area contributed by atoms with Crippen LogP contribution in [0.15, 0.2) is 40.9 Å². The Hall–Kier alpha value is -1.23. The molecule has 106 valence electrons. The second kappa shape index (κ2) is 6.48. The van der Waals surface area contributed by atoms with Crippen LogP contribution in [-0.2, 0) is 0 Å². The third kappa shape index (κ3) is 3.08. The van der Waals surface area contributed by atoms with E-state index in [1.165, 1.54) is 0 Å². The Kier molecular flexibility index (Phi) is 4.91. The highest BCUT2D eigenvalue weighted by molar-refractivity contribution is 9.10. The summed E-state index contributed by atoms with van der Waals surface area (Å²) in [5.41, 5.74) is 1.45. The van der Waals surface area contributed by atoms with Crippen LogP contribution in [0.1, 0.15) is 17.2 Å². The quantitative estimate of drug-likeness (QED) is 0.891. The number of aliphatic hydroxyl groups is 1. The molecule has 1 atom stereocenters. The summed E-state index contributed by atoms with van der Waals surface area (Å²) < 4.78 is 11.1. The van der Waals surface area contributed by atoms with Crippen LogP contribution in [0.2, 0.25) is 5.02 Å². The van der Waals surface area contributed by atoms with Gasteiger partial charge in [0, 0.05) is 0 Å². The van der Waals surface area contributed by atoms with Gasteiger partial charge in [-0.2, -0.15) is 0 Å². The highest BCUT2D eigenvalue weighted by atomic mass is 79.9. The third-order valence-electron chi connectivity index (χ3n) is 2.98. The van der Waals surface area contributed by atoms with Crippen LogP contribution < -0.4 is 9.47 Å². The minimum Gasteiger partial charge on any atom is -0.496 e. The molecule has 0 saturated heterocycles.